The van der Waals surface area contributed by atoms with Crippen LogP contribution in [0, 0.1) is 0 Å². The smallest absolute Gasteiger partial charge is 0.319 e. The largest absolute Gasteiger partial charge is 0.383 e. The fourth-order valence-corrected chi connectivity index (χ4v) is 1.84. The van der Waals surface area contributed by atoms with E-state index in [1.165, 1.54) is 0 Å². The molecule has 1 aromatic carbocycles. The number of benzene rings is 1. The molecule has 0 radical (unpaired) electrons. The number of carbonyl (C=O) groups is 1. The minimum Gasteiger partial charge on any atom is -0.383 e. The number of halogens is 1. The molecule has 0 bridgehead atoms. The minimum absolute atomic E-state index is 0.0630. The molecule has 1 atom stereocenters. The van der Waals surface area contributed by atoms with Crippen LogP contribution < -0.4 is 15.5 Å². The van der Waals surface area contributed by atoms with E-state index in [-0.39, 0.29) is 12.1 Å². The van der Waals surface area contributed by atoms with Gasteiger partial charge in [0.25, 0.3) is 0 Å². The Bertz CT molecular complexity index is 438. The maximum Gasteiger partial charge on any atom is 0.319 e. The van der Waals surface area contributed by atoms with Crippen LogP contribution in [-0.4, -0.2) is 39.9 Å². The van der Waals surface area contributed by atoms with Crippen LogP contribution in [0.3, 0.4) is 0 Å². The van der Waals surface area contributed by atoms with Crippen molar-refractivity contribution in [1.82, 2.24) is 5.32 Å². The van der Waals surface area contributed by atoms with Gasteiger partial charge in [-0.3, -0.25) is 0 Å². The normalized spacial score (nSPS) is 11.8. The fraction of sp³-hybridized carbons (Fsp3) is 0.462. The fourth-order valence-electron chi connectivity index (χ4n) is 1.67. The van der Waals surface area contributed by atoms with Gasteiger partial charge in [0.15, 0.2) is 0 Å². The van der Waals surface area contributed by atoms with Crippen LogP contribution in [0.4, 0.5) is 16.2 Å². The highest BCUT2D eigenvalue weighted by Crippen LogP contribution is 2.27. The molecule has 5 nitrogen and oxygen atoms in total. The van der Waals surface area contributed by atoms with Crippen molar-refractivity contribution in [2.75, 3.05) is 38.0 Å². The summed E-state index contributed by atoms with van der Waals surface area (Å²) < 4.78 is 4.96. The number of nitrogens with zero attached hydrogens (tertiary/aromatic N) is 1. The van der Waals surface area contributed by atoms with Gasteiger partial charge in [-0.15, -0.1) is 0 Å². The second-order valence-electron chi connectivity index (χ2n) is 4.51. The van der Waals surface area contributed by atoms with Gasteiger partial charge in [0.05, 0.1) is 24.0 Å². The minimum atomic E-state index is -0.282. The lowest BCUT2D eigenvalue weighted by molar-refractivity contribution is 0.173. The molecule has 0 unspecified atom stereocenters. The number of rotatable bonds is 5. The summed E-state index contributed by atoms with van der Waals surface area (Å²) in [5, 5.41) is 6.14. The number of carbonyl (C=O) groups excluding carboxylic acids is 1. The van der Waals surface area contributed by atoms with Crippen LogP contribution in [-0.2, 0) is 4.74 Å². The van der Waals surface area contributed by atoms with E-state index in [1.807, 2.05) is 32.0 Å². The molecule has 1 aromatic rings. The third-order valence-electron chi connectivity index (χ3n) is 2.48. The standard InChI is InChI=1S/C13H20ClN3O2/c1-9(8-19-4)15-13(18)16-11-7-10(14)5-6-12(11)17(2)3/h5-7,9H,8H2,1-4H3,(H2,15,16,18)/t9-/m0/s1. The zero-order valence-corrected chi connectivity index (χ0v) is 12.4. The molecule has 2 N–H and O–H groups in total. The summed E-state index contributed by atoms with van der Waals surface area (Å²) in [6.45, 7) is 2.33. The molecule has 106 valence electrons. The van der Waals surface area contributed by atoms with E-state index >= 15 is 0 Å². The summed E-state index contributed by atoms with van der Waals surface area (Å²) in [6.07, 6.45) is 0. The molecular formula is C13H20ClN3O2. The second kappa shape index (κ2) is 7.21. The van der Waals surface area contributed by atoms with Crippen LogP contribution >= 0.6 is 11.6 Å². The summed E-state index contributed by atoms with van der Waals surface area (Å²) in [6, 6.07) is 5.02. The number of nitrogens with one attached hydrogen (secondary N) is 2. The molecular weight excluding hydrogens is 266 g/mol. The van der Waals surface area contributed by atoms with E-state index in [1.54, 1.807) is 19.2 Å². The zero-order chi connectivity index (χ0) is 14.4. The Balaban J connectivity index is 2.75. The van der Waals surface area contributed by atoms with Gasteiger partial charge >= 0.3 is 6.03 Å². The third-order valence-corrected chi connectivity index (χ3v) is 2.72. The predicted molar refractivity (Wildman–Crippen MR) is 79.3 cm³/mol. The molecule has 19 heavy (non-hydrogen) atoms. The Hall–Kier alpha value is -1.46. The summed E-state index contributed by atoms with van der Waals surface area (Å²) in [7, 11) is 5.40. The van der Waals surface area contributed by atoms with E-state index in [2.05, 4.69) is 10.6 Å². The van der Waals surface area contributed by atoms with Crippen LogP contribution in [0.25, 0.3) is 0 Å². The van der Waals surface area contributed by atoms with Crippen molar-refractivity contribution in [2.45, 2.75) is 13.0 Å². The van der Waals surface area contributed by atoms with Gasteiger partial charge in [-0.2, -0.15) is 0 Å². The first-order valence-corrected chi connectivity index (χ1v) is 6.35. The van der Waals surface area contributed by atoms with Crippen molar-refractivity contribution in [2.24, 2.45) is 0 Å². The Kier molecular flexibility index (Phi) is 5.92. The molecule has 0 spiro atoms. The first-order valence-electron chi connectivity index (χ1n) is 5.97. The Morgan fingerprint density at radius 3 is 2.74 bits per heavy atom. The molecule has 0 aliphatic carbocycles. The highest BCUT2D eigenvalue weighted by Gasteiger charge is 2.11. The van der Waals surface area contributed by atoms with Gasteiger partial charge in [-0.25, -0.2) is 4.79 Å². The van der Waals surface area contributed by atoms with E-state index < -0.39 is 0 Å². The van der Waals surface area contributed by atoms with Crippen molar-refractivity contribution >= 4 is 29.0 Å². The van der Waals surface area contributed by atoms with Gasteiger partial charge in [0, 0.05) is 26.2 Å². The summed E-state index contributed by atoms with van der Waals surface area (Å²) in [5.41, 5.74) is 1.55. The van der Waals surface area contributed by atoms with Crippen molar-refractivity contribution in [3.05, 3.63) is 23.2 Å². The zero-order valence-electron chi connectivity index (χ0n) is 11.7. The SMILES string of the molecule is COC[C@H](C)NC(=O)Nc1cc(Cl)ccc1N(C)C. The third kappa shape index (κ3) is 4.96. The maximum absolute atomic E-state index is 11.8. The van der Waals surface area contributed by atoms with Crippen LogP contribution in [0.15, 0.2) is 18.2 Å². The first-order chi connectivity index (χ1) is 8.93. The molecule has 0 saturated carbocycles. The number of hydrogen-bond acceptors (Lipinski definition) is 3. The Labute approximate surface area is 118 Å². The summed E-state index contributed by atoms with van der Waals surface area (Å²) in [4.78, 5) is 13.8. The van der Waals surface area contributed by atoms with E-state index in [9.17, 15) is 4.79 Å². The number of methoxy groups -OCH3 is 1. The van der Waals surface area contributed by atoms with E-state index in [0.717, 1.165) is 5.69 Å². The van der Waals surface area contributed by atoms with Crippen LogP contribution in [0.2, 0.25) is 5.02 Å². The number of amides is 2. The van der Waals surface area contributed by atoms with Crippen LogP contribution in [0.5, 0.6) is 0 Å². The first kappa shape index (κ1) is 15.6. The molecule has 6 heteroatoms. The van der Waals surface area contributed by atoms with Crippen molar-refractivity contribution < 1.29 is 9.53 Å². The Morgan fingerprint density at radius 1 is 1.47 bits per heavy atom. The van der Waals surface area contributed by atoms with E-state index in [4.69, 9.17) is 16.3 Å². The lowest BCUT2D eigenvalue weighted by Gasteiger charge is -2.19. The van der Waals surface area contributed by atoms with E-state index in [0.29, 0.717) is 17.3 Å². The number of hydrogen-bond donors (Lipinski definition) is 2. The van der Waals surface area contributed by atoms with Gasteiger partial charge in [-0.05, 0) is 25.1 Å². The van der Waals surface area contributed by atoms with Gasteiger partial charge in [0.1, 0.15) is 0 Å². The molecule has 1 rings (SSSR count). The molecule has 0 heterocycles. The number of ether oxygens (including phenoxy) is 1. The topological polar surface area (TPSA) is 53.6 Å². The van der Waals surface area contributed by atoms with Crippen molar-refractivity contribution in [3.8, 4) is 0 Å². The molecule has 2 amide bonds. The summed E-state index contributed by atoms with van der Waals surface area (Å²) >= 11 is 5.95. The predicted octanol–water partition coefficient (Wildman–Crippen LogP) is 2.56. The molecule has 0 aliphatic rings. The van der Waals surface area contributed by atoms with Crippen molar-refractivity contribution in [1.29, 1.82) is 0 Å². The molecule has 0 fully saturated rings. The molecule has 0 aliphatic heterocycles. The lowest BCUT2D eigenvalue weighted by Crippen LogP contribution is -2.38. The second-order valence-corrected chi connectivity index (χ2v) is 4.95. The number of anilines is 2. The average molecular weight is 286 g/mol. The van der Waals surface area contributed by atoms with Gasteiger partial charge in [-0.1, -0.05) is 11.6 Å². The van der Waals surface area contributed by atoms with Gasteiger partial charge < -0.3 is 20.3 Å². The highest BCUT2D eigenvalue weighted by atomic mass is 35.5. The molecule has 0 saturated heterocycles. The maximum atomic E-state index is 11.8. The monoisotopic (exact) mass is 285 g/mol. The Morgan fingerprint density at radius 2 is 2.16 bits per heavy atom. The summed E-state index contributed by atoms with van der Waals surface area (Å²) in [5.74, 6) is 0. The highest BCUT2D eigenvalue weighted by molar-refractivity contribution is 6.31. The number of urea groups is 1. The quantitative estimate of drug-likeness (QED) is 0.874. The molecule has 0 aromatic heterocycles. The average Bonchev–Trinajstić information content (AvgIpc) is 2.28. The van der Waals surface area contributed by atoms with Crippen LogP contribution in [0.1, 0.15) is 6.92 Å². The van der Waals surface area contributed by atoms with Crippen molar-refractivity contribution in [3.63, 3.8) is 0 Å². The lowest BCUT2D eigenvalue weighted by atomic mass is 10.2. The van der Waals surface area contributed by atoms with Gasteiger partial charge in [0.2, 0.25) is 0 Å².